The maximum atomic E-state index is 2.43. The van der Waals surface area contributed by atoms with Crippen LogP contribution in [-0.2, 0) is 0 Å². The average molecular weight is 184 g/mol. The predicted octanol–water partition coefficient (Wildman–Crippen LogP) is 4.49. The van der Waals surface area contributed by atoms with Crippen LogP contribution in [0.3, 0.4) is 0 Å². The van der Waals surface area contributed by atoms with Crippen molar-refractivity contribution in [2.45, 2.75) is 68.7 Å². The van der Waals surface area contributed by atoms with Crippen LogP contribution >= 0.6 is 0 Å². The third-order valence-electron chi connectivity index (χ3n) is 2.80. The lowest BCUT2D eigenvalue weighted by atomic mass is 10.4. The zero-order valence-corrected chi connectivity index (χ0v) is 10.6. The fourth-order valence-electron chi connectivity index (χ4n) is 1.74. The van der Waals surface area contributed by atoms with E-state index in [0.29, 0.717) is 0 Å². The first kappa shape index (κ1) is 12.5. The normalized spacial score (nSPS) is 10.8. The van der Waals surface area contributed by atoms with Crippen LogP contribution in [0.5, 0.6) is 0 Å². The Hall–Kier alpha value is 0.532. The van der Waals surface area contributed by atoms with Gasteiger partial charge in [-0.25, -0.2) is 0 Å². The Kier molecular flexibility index (Phi) is 8.51. The topological polar surface area (TPSA) is 0 Å². The molecule has 0 aromatic rings. The molecule has 72 valence electrons. The van der Waals surface area contributed by atoms with Gasteiger partial charge < -0.3 is 0 Å². The van der Waals surface area contributed by atoms with Gasteiger partial charge >= 0.3 is 0 Å². The largest absolute Gasteiger partial charge is 0.264 e. The standard InChI is InChI=1S/2C4H9.C3H7.Al/c2*1-3-4-2;1-3-2;/h2*1,3-4H2,2H3;3H,1-2H3;. The third-order valence-corrected chi connectivity index (χ3v) is 6.99. The average Bonchev–Trinajstić information content (AvgIpc) is 2.04. The zero-order valence-electron chi connectivity index (χ0n) is 9.40. The van der Waals surface area contributed by atoms with E-state index in [1.807, 2.05) is 0 Å². The molecule has 0 saturated heterocycles. The van der Waals surface area contributed by atoms with E-state index in [0.717, 1.165) is 4.78 Å². The second-order valence-corrected chi connectivity index (χ2v) is 8.30. The molecular weight excluding hydrogens is 159 g/mol. The molecule has 0 aliphatic rings. The first-order valence-corrected chi connectivity index (χ1v) is 8.02. The van der Waals surface area contributed by atoms with Crippen molar-refractivity contribution in [3.8, 4) is 0 Å². The van der Waals surface area contributed by atoms with E-state index in [9.17, 15) is 0 Å². The van der Waals surface area contributed by atoms with Gasteiger partial charge in [0.25, 0.3) is 14.1 Å². The fourth-order valence-corrected chi connectivity index (χ4v) is 5.23. The van der Waals surface area contributed by atoms with Crippen molar-refractivity contribution >= 4 is 14.1 Å². The highest BCUT2D eigenvalue weighted by Gasteiger charge is 2.18. The molecule has 0 aliphatic carbocycles. The van der Waals surface area contributed by atoms with Gasteiger partial charge in [0.15, 0.2) is 0 Å². The predicted molar refractivity (Wildman–Crippen MR) is 60.3 cm³/mol. The second-order valence-electron chi connectivity index (χ2n) is 4.29. The summed E-state index contributed by atoms with van der Waals surface area (Å²) in [6, 6.07) is 0. The minimum atomic E-state index is -0.342. The third kappa shape index (κ3) is 6.09. The van der Waals surface area contributed by atoms with E-state index in [4.69, 9.17) is 0 Å². The van der Waals surface area contributed by atoms with Crippen LogP contribution in [0.25, 0.3) is 0 Å². The first-order chi connectivity index (χ1) is 5.72. The van der Waals surface area contributed by atoms with Crippen LogP contribution < -0.4 is 0 Å². The van der Waals surface area contributed by atoms with E-state index < -0.39 is 0 Å². The summed E-state index contributed by atoms with van der Waals surface area (Å²) < 4.78 is 1.03. The van der Waals surface area contributed by atoms with Crippen LogP contribution in [-0.4, -0.2) is 14.1 Å². The van der Waals surface area contributed by atoms with Crippen molar-refractivity contribution in [3.05, 3.63) is 0 Å². The van der Waals surface area contributed by atoms with Crippen molar-refractivity contribution in [1.82, 2.24) is 0 Å². The maximum absolute atomic E-state index is 2.43. The van der Waals surface area contributed by atoms with Crippen LogP contribution in [0, 0.1) is 0 Å². The smallest absolute Gasteiger partial charge is 0.0937 e. The van der Waals surface area contributed by atoms with Crippen molar-refractivity contribution in [1.29, 1.82) is 0 Å². The van der Waals surface area contributed by atoms with Crippen LogP contribution in [0.15, 0.2) is 0 Å². The van der Waals surface area contributed by atoms with Crippen molar-refractivity contribution in [2.24, 2.45) is 0 Å². The van der Waals surface area contributed by atoms with Gasteiger partial charge in [0.2, 0.25) is 0 Å². The Morgan fingerprint density at radius 3 is 1.58 bits per heavy atom. The Bertz CT molecular complexity index is 81.0. The molecular formula is C11H25Al. The van der Waals surface area contributed by atoms with E-state index in [2.05, 4.69) is 27.7 Å². The molecule has 0 spiro atoms. The van der Waals surface area contributed by atoms with Crippen LogP contribution in [0.1, 0.15) is 53.4 Å². The summed E-state index contributed by atoms with van der Waals surface area (Å²) >= 11 is -0.342. The second kappa shape index (κ2) is 8.15. The molecule has 0 bridgehead atoms. The fraction of sp³-hybridized carbons (Fsp3) is 1.00. The van der Waals surface area contributed by atoms with E-state index in [1.165, 1.54) is 25.7 Å². The molecule has 0 atom stereocenters. The molecule has 12 heavy (non-hydrogen) atoms. The zero-order chi connectivity index (χ0) is 9.40. The summed E-state index contributed by atoms with van der Waals surface area (Å²) in [5, 5.41) is 3.18. The minimum absolute atomic E-state index is 0.342. The Balaban J connectivity index is 3.55. The highest BCUT2D eigenvalue weighted by atomic mass is 27.2. The van der Waals surface area contributed by atoms with E-state index in [1.54, 1.807) is 10.6 Å². The lowest BCUT2D eigenvalue weighted by Gasteiger charge is -2.14. The van der Waals surface area contributed by atoms with Crippen molar-refractivity contribution in [2.75, 3.05) is 0 Å². The van der Waals surface area contributed by atoms with Crippen molar-refractivity contribution < 1.29 is 0 Å². The molecule has 0 heterocycles. The van der Waals surface area contributed by atoms with E-state index >= 15 is 0 Å². The molecule has 0 saturated carbocycles. The van der Waals surface area contributed by atoms with Gasteiger partial charge in [-0.2, -0.15) is 0 Å². The van der Waals surface area contributed by atoms with Gasteiger partial charge in [-0.15, -0.1) is 0 Å². The minimum Gasteiger partial charge on any atom is -0.0937 e. The summed E-state index contributed by atoms with van der Waals surface area (Å²) in [4.78, 5) is 0. The molecule has 0 rings (SSSR count). The maximum Gasteiger partial charge on any atom is 0.264 e. The number of hydrogen-bond donors (Lipinski definition) is 0. The molecule has 0 fully saturated rings. The quantitative estimate of drug-likeness (QED) is 0.511. The van der Waals surface area contributed by atoms with Gasteiger partial charge in [0.05, 0.1) is 0 Å². The van der Waals surface area contributed by atoms with Crippen LogP contribution in [0.4, 0.5) is 0 Å². The molecule has 0 aromatic carbocycles. The highest BCUT2D eigenvalue weighted by Crippen LogP contribution is 2.20. The van der Waals surface area contributed by atoms with Crippen LogP contribution in [0.2, 0.25) is 15.3 Å². The molecule has 0 nitrogen and oxygen atoms in total. The lowest BCUT2D eigenvalue weighted by molar-refractivity contribution is 0.819. The monoisotopic (exact) mass is 184 g/mol. The molecule has 0 aromatic heterocycles. The highest BCUT2D eigenvalue weighted by molar-refractivity contribution is 6.60. The van der Waals surface area contributed by atoms with Gasteiger partial charge in [-0.3, -0.25) is 0 Å². The van der Waals surface area contributed by atoms with Gasteiger partial charge in [0.1, 0.15) is 0 Å². The van der Waals surface area contributed by atoms with Gasteiger partial charge in [-0.1, -0.05) is 68.7 Å². The number of hydrogen-bond acceptors (Lipinski definition) is 0. The SMILES string of the molecule is CCC[CH2][Al]([CH2]CCC)[CH](C)C. The summed E-state index contributed by atoms with van der Waals surface area (Å²) in [6.45, 7) is 9.49. The lowest BCUT2D eigenvalue weighted by Crippen LogP contribution is -2.15. The van der Waals surface area contributed by atoms with Gasteiger partial charge in [-0.05, 0) is 0 Å². The molecule has 0 aliphatic heterocycles. The summed E-state index contributed by atoms with van der Waals surface area (Å²) in [6.07, 6.45) is 5.75. The van der Waals surface area contributed by atoms with Gasteiger partial charge in [0, 0.05) is 0 Å². The molecule has 0 unspecified atom stereocenters. The van der Waals surface area contributed by atoms with E-state index in [-0.39, 0.29) is 14.1 Å². The first-order valence-electron chi connectivity index (χ1n) is 5.72. The Morgan fingerprint density at radius 1 is 0.917 bits per heavy atom. The number of unbranched alkanes of at least 4 members (excludes halogenated alkanes) is 2. The summed E-state index contributed by atoms with van der Waals surface area (Å²) in [5.74, 6) is 0. The van der Waals surface area contributed by atoms with Crippen molar-refractivity contribution in [3.63, 3.8) is 0 Å². The number of rotatable bonds is 7. The summed E-state index contributed by atoms with van der Waals surface area (Å²) in [7, 11) is 0. The molecule has 0 radical (unpaired) electrons. The Labute approximate surface area is 83.1 Å². The molecule has 0 amide bonds. The molecule has 1 heteroatoms. The Morgan fingerprint density at radius 2 is 1.33 bits per heavy atom. The molecule has 0 N–H and O–H groups in total. The summed E-state index contributed by atoms with van der Waals surface area (Å²) in [5.41, 5.74) is 0.